The van der Waals surface area contributed by atoms with Gasteiger partial charge in [0.1, 0.15) is 0 Å². The summed E-state index contributed by atoms with van der Waals surface area (Å²) < 4.78 is 0. The molecule has 0 fully saturated rings. The van der Waals surface area contributed by atoms with Crippen LogP contribution in [0.2, 0.25) is 0 Å². The van der Waals surface area contributed by atoms with Crippen molar-refractivity contribution in [2.24, 2.45) is 11.3 Å². The number of hydrogen-bond acceptors (Lipinski definition) is 2. The van der Waals surface area contributed by atoms with Gasteiger partial charge in [-0.3, -0.25) is 4.84 Å². The van der Waals surface area contributed by atoms with Crippen molar-refractivity contribution in [3.63, 3.8) is 0 Å². The molecule has 2 N–H and O–H groups in total. The fraction of sp³-hybridized carbons (Fsp3) is 0.400. The molecule has 0 saturated heterocycles. The van der Waals surface area contributed by atoms with Crippen molar-refractivity contribution in [3.05, 3.63) is 36.0 Å². The summed E-state index contributed by atoms with van der Waals surface area (Å²) >= 11 is 0. The maximum Gasteiger partial charge on any atom is 0.0929 e. The summed E-state index contributed by atoms with van der Waals surface area (Å²) in [5, 5.41) is 0. The zero-order valence-electron chi connectivity index (χ0n) is 7.58. The van der Waals surface area contributed by atoms with E-state index in [0.717, 1.165) is 5.57 Å². The summed E-state index contributed by atoms with van der Waals surface area (Å²) in [5.74, 6) is 4.98. The Kier molecular flexibility index (Phi) is 2.84. The standard InChI is InChI=1S/C10H15NO/c1-10(2)6-3-4-9(5-7-10)8-12-11/h3-7H,8,11H2,1-2H3. The molecule has 0 heterocycles. The van der Waals surface area contributed by atoms with E-state index in [-0.39, 0.29) is 5.41 Å². The highest BCUT2D eigenvalue weighted by atomic mass is 16.6. The first-order valence-electron chi connectivity index (χ1n) is 4.03. The van der Waals surface area contributed by atoms with E-state index in [1.165, 1.54) is 0 Å². The van der Waals surface area contributed by atoms with Gasteiger partial charge in [-0.05, 0) is 5.57 Å². The molecule has 12 heavy (non-hydrogen) atoms. The van der Waals surface area contributed by atoms with Crippen molar-refractivity contribution in [1.29, 1.82) is 0 Å². The zero-order valence-corrected chi connectivity index (χ0v) is 7.58. The molecule has 1 aliphatic rings. The first-order chi connectivity index (χ1) is 5.64. The number of hydrogen-bond donors (Lipinski definition) is 1. The molecule has 1 aliphatic carbocycles. The lowest BCUT2D eigenvalue weighted by Gasteiger charge is -2.12. The monoisotopic (exact) mass is 165 g/mol. The molecular weight excluding hydrogens is 150 g/mol. The second-order valence-electron chi connectivity index (χ2n) is 3.57. The minimum atomic E-state index is 0.132. The van der Waals surface area contributed by atoms with Crippen LogP contribution in [0.3, 0.4) is 0 Å². The van der Waals surface area contributed by atoms with Gasteiger partial charge in [0.05, 0.1) is 6.61 Å². The van der Waals surface area contributed by atoms with E-state index in [1.54, 1.807) is 0 Å². The molecule has 1 rings (SSSR count). The third-order valence-electron chi connectivity index (χ3n) is 1.81. The fourth-order valence-corrected chi connectivity index (χ4v) is 1.05. The van der Waals surface area contributed by atoms with Crippen molar-refractivity contribution < 1.29 is 4.84 Å². The van der Waals surface area contributed by atoms with Crippen LogP contribution in [0, 0.1) is 5.41 Å². The summed E-state index contributed by atoms with van der Waals surface area (Å²) in [6, 6.07) is 0. The van der Waals surface area contributed by atoms with Gasteiger partial charge in [-0.2, -0.15) is 0 Å². The van der Waals surface area contributed by atoms with Gasteiger partial charge in [-0.1, -0.05) is 44.2 Å². The average Bonchev–Trinajstić information content (AvgIpc) is 2.14. The quantitative estimate of drug-likeness (QED) is 0.635. The molecule has 0 aromatic rings. The Labute approximate surface area is 73.4 Å². The Bertz CT molecular complexity index is 236. The van der Waals surface area contributed by atoms with E-state index >= 15 is 0 Å². The number of allylic oxidation sites excluding steroid dienone is 4. The Hall–Kier alpha value is -0.860. The lowest BCUT2D eigenvalue weighted by Crippen LogP contribution is -2.03. The normalized spacial score (nSPS) is 20.4. The fourth-order valence-electron chi connectivity index (χ4n) is 1.05. The summed E-state index contributed by atoms with van der Waals surface area (Å²) in [4.78, 5) is 4.55. The van der Waals surface area contributed by atoms with E-state index in [0.29, 0.717) is 6.61 Å². The van der Waals surface area contributed by atoms with Gasteiger partial charge < -0.3 is 0 Å². The number of rotatable bonds is 2. The van der Waals surface area contributed by atoms with Crippen LogP contribution < -0.4 is 5.90 Å². The van der Waals surface area contributed by atoms with E-state index in [4.69, 9.17) is 5.90 Å². The Morgan fingerprint density at radius 3 is 2.83 bits per heavy atom. The summed E-state index contributed by atoms with van der Waals surface area (Å²) in [6.45, 7) is 4.77. The van der Waals surface area contributed by atoms with Crippen molar-refractivity contribution in [2.45, 2.75) is 13.8 Å². The maximum absolute atomic E-state index is 4.98. The minimum absolute atomic E-state index is 0.132. The Morgan fingerprint density at radius 2 is 2.17 bits per heavy atom. The molecule has 0 spiro atoms. The highest BCUT2D eigenvalue weighted by molar-refractivity contribution is 5.31. The molecule has 0 saturated carbocycles. The Morgan fingerprint density at radius 1 is 1.42 bits per heavy atom. The zero-order chi connectivity index (χ0) is 9.03. The molecule has 0 aromatic heterocycles. The molecule has 0 atom stereocenters. The topological polar surface area (TPSA) is 35.2 Å². The van der Waals surface area contributed by atoms with Gasteiger partial charge in [0, 0.05) is 5.41 Å². The highest BCUT2D eigenvalue weighted by Gasteiger charge is 2.09. The molecule has 0 radical (unpaired) electrons. The second-order valence-corrected chi connectivity index (χ2v) is 3.57. The van der Waals surface area contributed by atoms with Crippen LogP contribution in [0.4, 0.5) is 0 Å². The van der Waals surface area contributed by atoms with Gasteiger partial charge in [0.15, 0.2) is 0 Å². The van der Waals surface area contributed by atoms with Crippen molar-refractivity contribution >= 4 is 0 Å². The lowest BCUT2D eigenvalue weighted by atomic mass is 9.93. The minimum Gasteiger partial charge on any atom is -0.300 e. The van der Waals surface area contributed by atoms with Crippen molar-refractivity contribution in [3.8, 4) is 0 Å². The Balaban J connectivity index is 2.72. The molecule has 0 amide bonds. The maximum atomic E-state index is 4.98. The largest absolute Gasteiger partial charge is 0.300 e. The van der Waals surface area contributed by atoms with E-state index in [9.17, 15) is 0 Å². The van der Waals surface area contributed by atoms with Crippen LogP contribution in [0.25, 0.3) is 0 Å². The van der Waals surface area contributed by atoms with Crippen LogP contribution >= 0.6 is 0 Å². The molecule has 0 unspecified atom stereocenters. The van der Waals surface area contributed by atoms with Crippen LogP contribution in [0.15, 0.2) is 36.0 Å². The third kappa shape index (κ3) is 2.64. The van der Waals surface area contributed by atoms with Crippen LogP contribution in [0.1, 0.15) is 13.8 Å². The molecule has 2 heteroatoms. The number of nitrogens with two attached hydrogens (primary N) is 1. The highest BCUT2D eigenvalue weighted by Crippen LogP contribution is 2.22. The molecule has 0 aliphatic heterocycles. The van der Waals surface area contributed by atoms with Crippen molar-refractivity contribution in [1.82, 2.24) is 0 Å². The van der Waals surface area contributed by atoms with Crippen LogP contribution in [0.5, 0.6) is 0 Å². The molecule has 2 nitrogen and oxygen atoms in total. The summed E-state index contributed by atoms with van der Waals surface area (Å²) in [5.41, 5.74) is 1.23. The van der Waals surface area contributed by atoms with E-state index < -0.39 is 0 Å². The SMILES string of the molecule is CC1(C)C=CC=C(CON)C=C1. The first-order valence-corrected chi connectivity index (χ1v) is 4.03. The third-order valence-corrected chi connectivity index (χ3v) is 1.81. The molecular formula is C10H15NO. The summed E-state index contributed by atoms with van der Waals surface area (Å²) in [7, 11) is 0. The van der Waals surface area contributed by atoms with Gasteiger partial charge >= 0.3 is 0 Å². The molecule has 0 bridgehead atoms. The van der Waals surface area contributed by atoms with Crippen LogP contribution in [-0.2, 0) is 4.84 Å². The van der Waals surface area contributed by atoms with Gasteiger partial charge in [0.2, 0.25) is 0 Å². The smallest absolute Gasteiger partial charge is 0.0929 e. The van der Waals surface area contributed by atoms with Crippen LogP contribution in [-0.4, -0.2) is 6.61 Å². The average molecular weight is 165 g/mol. The van der Waals surface area contributed by atoms with E-state index in [2.05, 4.69) is 30.8 Å². The predicted molar refractivity (Wildman–Crippen MR) is 50.3 cm³/mol. The van der Waals surface area contributed by atoms with Crippen molar-refractivity contribution in [2.75, 3.05) is 6.61 Å². The van der Waals surface area contributed by atoms with Gasteiger partial charge in [-0.15, -0.1) is 0 Å². The summed E-state index contributed by atoms with van der Waals surface area (Å²) in [6.07, 6.45) is 10.4. The predicted octanol–water partition coefficient (Wildman–Crippen LogP) is 1.96. The van der Waals surface area contributed by atoms with Gasteiger partial charge in [0.25, 0.3) is 0 Å². The van der Waals surface area contributed by atoms with E-state index in [1.807, 2.05) is 18.2 Å². The first kappa shape index (κ1) is 9.23. The lowest BCUT2D eigenvalue weighted by molar-refractivity contribution is 0.163. The second kappa shape index (κ2) is 3.70. The van der Waals surface area contributed by atoms with Gasteiger partial charge in [-0.25, -0.2) is 5.90 Å². The molecule has 0 aromatic carbocycles. The molecule has 66 valence electrons.